The van der Waals surface area contributed by atoms with Gasteiger partial charge in [0.2, 0.25) is 0 Å². The van der Waals surface area contributed by atoms with E-state index in [1.54, 1.807) is 12.1 Å². The average molecular weight is 344 g/mol. The molecule has 0 radical (unpaired) electrons. The molecule has 0 N–H and O–H groups in total. The van der Waals surface area contributed by atoms with E-state index in [0.717, 1.165) is 30.2 Å². The molecule has 3 rings (SSSR count). The number of rotatable bonds is 6. The highest BCUT2D eigenvalue weighted by molar-refractivity contribution is 5.29. The van der Waals surface area contributed by atoms with Crippen LogP contribution >= 0.6 is 0 Å². The molecule has 0 heterocycles. The third kappa shape index (κ3) is 5.29. The van der Waals surface area contributed by atoms with Gasteiger partial charge in [-0.3, -0.25) is 0 Å². The van der Waals surface area contributed by atoms with Gasteiger partial charge in [0.25, 0.3) is 0 Å². The lowest BCUT2D eigenvalue weighted by Crippen LogP contribution is -2.10. The molecule has 0 amide bonds. The van der Waals surface area contributed by atoms with Crippen LogP contribution in [0.5, 0.6) is 5.75 Å². The average Bonchev–Trinajstić information content (AvgIpc) is 2.62. The molecular weight excluding hydrogens is 318 g/mol. The molecule has 1 nitrogen and oxygen atoms in total. The fraction of sp³-hybridized carbons (Fsp3) is 0.455. The summed E-state index contributed by atoms with van der Waals surface area (Å²) in [4.78, 5) is 0. The second kappa shape index (κ2) is 8.46. The fourth-order valence-corrected chi connectivity index (χ4v) is 3.68. The van der Waals surface area contributed by atoms with E-state index < -0.39 is 6.61 Å². The number of halogens is 2. The largest absolute Gasteiger partial charge is 0.435 e. The van der Waals surface area contributed by atoms with Crippen molar-refractivity contribution in [3.05, 3.63) is 65.2 Å². The molecule has 0 aromatic heterocycles. The molecule has 0 spiro atoms. The Bertz CT molecular complexity index is 641. The van der Waals surface area contributed by atoms with Crippen LogP contribution in [-0.2, 0) is 12.8 Å². The lowest BCUT2D eigenvalue weighted by molar-refractivity contribution is -0.0498. The number of hydrogen-bond donors (Lipinski definition) is 0. The van der Waals surface area contributed by atoms with Crippen LogP contribution in [0.4, 0.5) is 8.78 Å². The molecule has 2 aromatic rings. The minimum atomic E-state index is -2.77. The van der Waals surface area contributed by atoms with E-state index in [2.05, 4.69) is 35.9 Å². The topological polar surface area (TPSA) is 9.23 Å². The molecule has 0 unspecified atom stereocenters. The molecule has 0 saturated heterocycles. The second-order valence-electron chi connectivity index (χ2n) is 7.22. The Labute approximate surface area is 149 Å². The molecular formula is C22H26F2O. The fourth-order valence-electron chi connectivity index (χ4n) is 3.68. The zero-order chi connectivity index (χ0) is 17.6. The van der Waals surface area contributed by atoms with Crippen molar-refractivity contribution in [2.45, 2.75) is 58.0 Å². The van der Waals surface area contributed by atoms with Crippen LogP contribution < -0.4 is 4.74 Å². The standard InChI is InChI=1S/C22H26F2O/c1-16-2-10-19(11-3-16)20-12-6-17(7-13-20)4-5-18-8-14-21(15-9-18)25-22(23)24/h6-9,12-16,19,22H,2-5,10-11H2,1H3/t16-,19-. The van der Waals surface area contributed by atoms with Crippen molar-refractivity contribution in [3.63, 3.8) is 0 Å². The van der Waals surface area contributed by atoms with Gasteiger partial charge in [-0.05, 0) is 66.3 Å². The van der Waals surface area contributed by atoms with Crippen molar-refractivity contribution in [2.24, 2.45) is 5.92 Å². The van der Waals surface area contributed by atoms with Gasteiger partial charge in [0.05, 0.1) is 0 Å². The molecule has 134 valence electrons. The molecule has 1 aliphatic rings. The van der Waals surface area contributed by atoms with Crippen LogP contribution in [0.1, 0.15) is 55.2 Å². The van der Waals surface area contributed by atoms with E-state index in [1.807, 2.05) is 12.1 Å². The van der Waals surface area contributed by atoms with Gasteiger partial charge in [-0.15, -0.1) is 0 Å². The van der Waals surface area contributed by atoms with Gasteiger partial charge in [0.1, 0.15) is 5.75 Å². The van der Waals surface area contributed by atoms with E-state index in [-0.39, 0.29) is 5.75 Å². The van der Waals surface area contributed by atoms with Gasteiger partial charge >= 0.3 is 6.61 Å². The molecule has 1 fully saturated rings. The van der Waals surface area contributed by atoms with Crippen LogP contribution in [-0.4, -0.2) is 6.61 Å². The Morgan fingerprint density at radius 3 is 1.88 bits per heavy atom. The predicted molar refractivity (Wildman–Crippen MR) is 97.3 cm³/mol. The van der Waals surface area contributed by atoms with Crippen molar-refractivity contribution < 1.29 is 13.5 Å². The summed E-state index contributed by atoms with van der Waals surface area (Å²) in [5.41, 5.74) is 3.93. The normalized spacial score (nSPS) is 20.6. The Hall–Kier alpha value is -1.90. The van der Waals surface area contributed by atoms with Crippen molar-refractivity contribution in [2.75, 3.05) is 0 Å². The van der Waals surface area contributed by atoms with Gasteiger partial charge in [-0.1, -0.05) is 56.2 Å². The molecule has 25 heavy (non-hydrogen) atoms. The Kier molecular flexibility index (Phi) is 6.06. The van der Waals surface area contributed by atoms with E-state index in [0.29, 0.717) is 0 Å². The monoisotopic (exact) mass is 344 g/mol. The summed E-state index contributed by atoms with van der Waals surface area (Å²) in [6.07, 6.45) is 7.17. The van der Waals surface area contributed by atoms with Gasteiger partial charge in [-0.2, -0.15) is 8.78 Å². The van der Waals surface area contributed by atoms with Gasteiger partial charge in [-0.25, -0.2) is 0 Å². The Morgan fingerprint density at radius 1 is 0.840 bits per heavy atom. The van der Waals surface area contributed by atoms with Crippen molar-refractivity contribution in [1.29, 1.82) is 0 Å². The maximum atomic E-state index is 12.2. The number of aryl methyl sites for hydroxylation is 2. The summed E-state index contributed by atoms with van der Waals surface area (Å²) < 4.78 is 28.7. The molecule has 2 aromatic carbocycles. The van der Waals surface area contributed by atoms with Gasteiger partial charge in [0.15, 0.2) is 0 Å². The summed E-state index contributed by atoms with van der Waals surface area (Å²) in [7, 11) is 0. The summed E-state index contributed by atoms with van der Waals surface area (Å²) in [6.45, 7) is -0.414. The zero-order valence-corrected chi connectivity index (χ0v) is 14.8. The van der Waals surface area contributed by atoms with E-state index in [9.17, 15) is 8.78 Å². The van der Waals surface area contributed by atoms with Gasteiger partial charge in [0, 0.05) is 0 Å². The highest BCUT2D eigenvalue weighted by Gasteiger charge is 2.19. The van der Waals surface area contributed by atoms with Crippen LogP contribution in [0, 0.1) is 5.92 Å². The molecule has 1 saturated carbocycles. The van der Waals surface area contributed by atoms with Crippen molar-refractivity contribution >= 4 is 0 Å². The summed E-state index contributed by atoms with van der Waals surface area (Å²) in [5.74, 6) is 1.82. The first-order chi connectivity index (χ1) is 12.1. The summed E-state index contributed by atoms with van der Waals surface area (Å²) in [6, 6.07) is 16.0. The highest BCUT2D eigenvalue weighted by Crippen LogP contribution is 2.35. The third-order valence-electron chi connectivity index (χ3n) is 5.32. The maximum absolute atomic E-state index is 12.2. The minimum Gasteiger partial charge on any atom is -0.435 e. The van der Waals surface area contributed by atoms with Crippen LogP contribution in [0.2, 0.25) is 0 Å². The summed E-state index contributed by atoms with van der Waals surface area (Å²) in [5, 5.41) is 0. The molecule has 0 aliphatic heterocycles. The van der Waals surface area contributed by atoms with E-state index >= 15 is 0 Å². The Morgan fingerprint density at radius 2 is 1.36 bits per heavy atom. The van der Waals surface area contributed by atoms with E-state index in [1.165, 1.54) is 36.8 Å². The maximum Gasteiger partial charge on any atom is 0.387 e. The summed E-state index contributed by atoms with van der Waals surface area (Å²) >= 11 is 0. The van der Waals surface area contributed by atoms with Crippen LogP contribution in [0.25, 0.3) is 0 Å². The van der Waals surface area contributed by atoms with Crippen LogP contribution in [0.15, 0.2) is 48.5 Å². The van der Waals surface area contributed by atoms with Gasteiger partial charge < -0.3 is 4.74 Å². The smallest absolute Gasteiger partial charge is 0.387 e. The first-order valence-electron chi connectivity index (χ1n) is 9.23. The Balaban J connectivity index is 1.51. The minimum absolute atomic E-state index is 0.213. The number of ether oxygens (including phenoxy) is 1. The molecule has 0 bridgehead atoms. The predicted octanol–water partition coefficient (Wildman–Crippen LogP) is 6.37. The lowest BCUT2D eigenvalue weighted by Gasteiger charge is -2.26. The second-order valence-corrected chi connectivity index (χ2v) is 7.22. The number of alkyl halides is 2. The molecule has 0 atom stereocenters. The quantitative estimate of drug-likeness (QED) is 0.592. The van der Waals surface area contributed by atoms with Crippen LogP contribution in [0.3, 0.4) is 0 Å². The first kappa shape index (κ1) is 17.9. The molecule has 3 heteroatoms. The number of benzene rings is 2. The van der Waals surface area contributed by atoms with Crippen molar-refractivity contribution in [3.8, 4) is 5.75 Å². The number of hydrogen-bond acceptors (Lipinski definition) is 1. The van der Waals surface area contributed by atoms with E-state index in [4.69, 9.17) is 0 Å². The highest BCUT2D eigenvalue weighted by atomic mass is 19.3. The first-order valence-corrected chi connectivity index (χ1v) is 9.23. The lowest BCUT2D eigenvalue weighted by atomic mass is 9.79. The zero-order valence-electron chi connectivity index (χ0n) is 14.8. The molecule has 1 aliphatic carbocycles. The SMILES string of the molecule is C[C@H]1CC[C@H](c2ccc(CCc3ccc(OC(F)F)cc3)cc2)CC1. The third-order valence-corrected chi connectivity index (χ3v) is 5.32. The van der Waals surface area contributed by atoms with Crippen molar-refractivity contribution in [1.82, 2.24) is 0 Å².